The maximum absolute atomic E-state index is 12.4. The second kappa shape index (κ2) is 7.33. The van der Waals surface area contributed by atoms with Crippen molar-refractivity contribution in [1.29, 1.82) is 0 Å². The van der Waals surface area contributed by atoms with E-state index in [1.807, 2.05) is 17.9 Å². The summed E-state index contributed by atoms with van der Waals surface area (Å²) in [5.74, 6) is 1.53. The zero-order valence-corrected chi connectivity index (χ0v) is 15.1. The van der Waals surface area contributed by atoms with Crippen LogP contribution in [0.4, 0.5) is 4.79 Å². The molecule has 138 valence electrons. The molecule has 1 aromatic heterocycles. The lowest BCUT2D eigenvalue weighted by atomic mass is 10.1. The van der Waals surface area contributed by atoms with Gasteiger partial charge in [0.1, 0.15) is 0 Å². The largest absolute Gasteiger partial charge is 0.360 e. The first-order chi connectivity index (χ1) is 12.2. The fraction of sp³-hybridized carbons (Fsp3) is 0.778. The van der Waals surface area contributed by atoms with Gasteiger partial charge in [0.15, 0.2) is 5.76 Å². The molecule has 3 heterocycles. The van der Waals surface area contributed by atoms with Crippen LogP contribution in [0.1, 0.15) is 30.7 Å². The Labute approximate surface area is 149 Å². The van der Waals surface area contributed by atoms with Crippen LogP contribution in [0.25, 0.3) is 0 Å². The molecule has 4 rings (SSSR count). The third-order valence-electron chi connectivity index (χ3n) is 5.64. The molecule has 2 saturated heterocycles. The van der Waals surface area contributed by atoms with E-state index >= 15 is 0 Å². The quantitative estimate of drug-likeness (QED) is 0.870. The molecule has 3 aliphatic rings. The van der Waals surface area contributed by atoms with E-state index in [4.69, 9.17) is 4.52 Å². The summed E-state index contributed by atoms with van der Waals surface area (Å²) < 4.78 is 5.28. The standard InChI is InChI=1S/C18H29N5O2/c1-14-10-17(25-20-14)13-21-6-8-22(9-7-21)18(24)19-11-15-4-5-23(12-15)16-2-3-16/h10,15-16H,2-9,11-13H2,1H3,(H,19,24)/t15-/m1/s1. The van der Waals surface area contributed by atoms with Crippen molar-refractivity contribution in [2.24, 2.45) is 5.92 Å². The first-order valence-corrected chi connectivity index (χ1v) is 9.59. The smallest absolute Gasteiger partial charge is 0.317 e. The van der Waals surface area contributed by atoms with Crippen molar-refractivity contribution in [3.05, 3.63) is 17.5 Å². The fourth-order valence-corrected chi connectivity index (χ4v) is 3.96. The number of hydrogen-bond acceptors (Lipinski definition) is 5. The number of carbonyl (C=O) groups is 1. The van der Waals surface area contributed by atoms with Crippen LogP contribution < -0.4 is 5.32 Å². The minimum absolute atomic E-state index is 0.0973. The monoisotopic (exact) mass is 347 g/mol. The van der Waals surface area contributed by atoms with Gasteiger partial charge in [-0.3, -0.25) is 4.90 Å². The van der Waals surface area contributed by atoms with Crippen LogP contribution in [0, 0.1) is 12.8 Å². The van der Waals surface area contributed by atoms with Crippen molar-refractivity contribution < 1.29 is 9.32 Å². The zero-order chi connectivity index (χ0) is 17.2. The molecule has 0 bridgehead atoms. The summed E-state index contributed by atoms with van der Waals surface area (Å²) in [7, 11) is 0. The van der Waals surface area contributed by atoms with Crippen molar-refractivity contribution in [2.45, 2.75) is 38.8 Å². The Kier molecular flexibility index (Phi) is 4.94. The third-order valence-corrected chi connectivity index (χ3v) is 5.64. The molecule has 0 aromatic carbocycles. The van der Waals surface area contributed by atoms with Gasteiger partial charge >= 0.3 is 6.03 Å². The lowest BCUT2D eigenvalue weighted by molar-refractivity contribution is 0.127. The van der Waals surface area contributed by atoms with Gasteiger partial charge in [-0.2, -0.15) is 0 Å². The minimum Gasteiger partial charge on any atom is -0.360 e. The van der Waals surface area contributed by atoms with Gasteiger partial charge in [-0.15, -0.1) is 0 Å². The maximum Gasteiger partial charge on any atom is 0.317 e. The number of nitrogens with one attached hydrogen (secondary N) is 1. The number of piperazine rings is 1. The Morgan fingerprint density at radius 2 is 2.04 bits per heavy atom. The van der Waals surface area contributed by atoms with E-state index < -0.39 is 0 Å². The molecule has 3 fully saturated rings. The van der Waals surface area contributed by atoms with Crippen LogP contribution in [0.2, 0.25) is 0 Å². The molecule has 0 spiro atoms. The molecule has 1 aromatic rings. The first-order valence-electron chi connectivity index (χ1n) is 9.59. The summed E-state index contributed by atoms with van der Waals surface area (Å²) in [4.78, 5) is 19.3. The molecule has 1 N–H and O–H groups in total. The number of likely N-dealkylation sites (tertiary alicyclic amines) is 1. The highest BCUT2D eigenvalue weighted by atomic mass is 16.5. The van der Waals surface area contributed by atoms with E-state index in [1.54, 1.807) is 0 Å². The molecule has 1 saturated carbocycles. The highest BCUT2D eigenvalue weighted by Gasteiger charge is 2.34. The van der Waals surface area contributed by atoms with E-state index in [0.29, 0.717) is 5.92 Å². The fourth-order valence-electron chi connectivity index (χ4n) is 3.96. The van der Waals surface area contributed by atoms with Gasteiger partial charge in [0, 0.05) is 51.4 Å². The lowest BCUT2D eigenvalue weighted by Gasteiger charge is -2.34. The van der Waals surface area contributed by atoms with Gasteiger partial charge in [0.2, 0.25) is 0 Å². The SMILES string of the molecule is Cc1cc(CN2CCN(C(=O)NC[C@H]3CCN(C4CC4)C3)CC2)on1. The number of rotatable bonds is 5. The van der Waals surface area contributed by atoms with Crippen LogP contribution in [-0.4, -0.2) is 77.7 Å². The minimum atomic E-state index is 0.0973. The van der Waals surface area contributed by atoms with Crippen molar-refractivity contribution in [2.75, 3.05) is 45.8 Å². The summed E-state index contributed by atoms with van der Waals surface area (Å²) in [6.45, 7) is 9.21. The highest BCUT2D eigenvalue weighted by molar-refractivity contribution is 5.74. The molecule has 2 aliphatic heterocycles. The summed E-state index contributed by atoms with van der Waals surface area (Å²) in [6, 6.07) is 2.92. The van der Waals surface area contributed by atoms with Gasteiger partial charge < -0.3 is 19.6 Å². The Balaban J connectivity index is 1.15. The predicted molar refractivity (Wildman–Crippen MR) is 94.2 cm³/mol. The summed E-state index contributed by atoms with van der Waals surface area (Å²) >= 11 is 0. The Bertz CT molecular complexity index is 592. The van der Waals surface area contributed by atoms with Gasteiger partial charge in [-0.25, -0.2) is 4.79 Å². The number of aryl methyl sites for hydroxylation is 1. The van der Waals surface area contributed by atoms with Crippen molar-refractivity contribution >= 4 is 6.03 Å². The molecule has 0 radical (unpaired) electrons. The molecular weight excluding hydrogens is 318 g/mol. The number of aromatic nitrogens is 1. The molecule has 7 nitrogen and oxygen atoms in total. The molecular formula is C18H29N5O2. The predicted octanol–water partition coefficient (Wildman–Crippen LogP) is 1.29. The van der Waals surface area contributed by atoms with Crippen molar-refractivity contribution in [3.8, 4) is 0 Å². The van der Waals surface area contributed by atoms with E-state index in [9.17, 15) is 4.79 Å². The number of nitrogens with zero attached hydrogens (tertiary/aromatic N) is 4. The zero-order valence-electron chi connectivity index (χ0n) is 15.1. The van der Waals surface area contributed by atoms with Crippen LogP contribution in [0.5, 0.6) is 0 Å². The number of hydrogen-bond donors (Lipinski definition) is 1. The second-order valence-corrected chi connectivity index (χ2v) is 7.76. The van der Waals surface area contributed by atoms with E-state index in [0.717, 1.165) is 63.3 Å². The average Bonchev–Trinajstić information content (AvgIpc) is 3.22. The number of carbonyl (C=O) groups excluding carboxylic acids is 1. The summed E-state index contributed by atoms with van der Waals surface area (Å²) in [6.07, 6.45) is 3.97. The van der Waals surface area contributed by atoms with Gasteiger partial charge in [-0.1, -0.05) is 5.16 Å². The number of urea groups is 1. The van der Waals surface area contributed by atoms with E-state index in [1.165, 1.54) is 25.8 Å². The topological polar surface area (TPSA) is 64.8 Å². The molecule has 0 unspecified atom stereocenters. The first kappa shape index (κ1) is 16.8. The van der Waals surface area contributed by atoms with Crippen molar-refractivity contribution in [1.82, 2.24) is 25.2 Å². The molecule has 7 heteroatoms. The molecule has 1 atom stereocenters. The summed E-state index contributed by atoms with van der Waals surface area (Å²) in [5.41, 5.74) is 0.917. The molecule has 25 heavy (non-hydrogen) atoms. The van der Waals surface area contributed by atoms with Crippen LogP contribution >= 0.6 is 0 Å². The van der Waals surface area contributed by atoms with Gasteiger partial charge in [-0.05, 0) is 38.6 Å². The molecule has 1 aliphatic carbocycles. The third kappa shape index (κ3) is 4.33. The van der Waals surface area contributed by atoms with Crippen molar-refractivity contribution in [3.63, 3.8) is 0 Å². The van der Waals surface area contributed by atoms with E-state index in [2.05, 4.69) is 20.3 Å². The molecule has 2 amide bonds. The Morgan fingerprint density at radius 1 is 1.24 bits per heavy atom. The highest BCUT2D eigenvalue weighted by Crippen LogP contribution is 2.31. The lowest BCUT2D eigenvalue weighted by Crippen LogP contribution is -2.52. The average molecular weight is 347 g/mol. The van der Waals surface area contributed by atoms with E-state index in [-0.39, 0.29) is 6.03 Å². The normalized spacial score (nSPS) is 25.5. The van der Waals surface area contributed by atoms with Gasteiger partial charge in [0.25, 0.3) is 0 Å². The Hall–Kier alpha value is -1.60. The maximum atomic E-state index is 12.4. The van der Waals surface area contributed by atoms with Crippen LogP contribution in [0.15, 0.2) is 10.6 Å². The Morgan fingerprint density at radius 3 is 2.72 bits per heavy atom. The second-order valence-electron chi connectivity index (χ2n) is 7.76. The summed E-state index contributed by atoms with van der Waals surface area (Å²) in [5, 5.41) is 7.08. The number of amides is 2. The van der Waals surface area contributed by atoms with Crippen LogP contribution in [0.3, 0.4) is 0 Å². The van der Waals surface area contributed by atoms with Gasteiger partial charge in [0.05, 0.1) is 12.2 Å². The van der Waals surface area contributed by atoms with Crippen LogP contribution in [-0.2, 0) is 6.54 Å².